The van der Waals surface area contributed by atoms with Gasteiger partial charge in [-0.05, 0) is 30.7 Å². The second-order valence-electron chi connectivity index (χ2n) is 4.22. The maximum absolute atomic E-state index is 12.4. The van der Waals surface area contributed by atoms with E-state index in [9.17, 15) is 4.79 Å². The van der Waals surface area contributed by atoms with E-state index in [0.29, 0.717) is 27.7 Å². The molecule has 1 aromatic heterocycles. The molecule has 0 aliphatic rings. The first-order chi connectivity index (χ1) is 8.72. The van der Waals surface area contributed by atoms with Crippen molar-refractivity contribution >= 4 is 21.9 Å². The lowest BCUT2D eigenvalue weighted by atomic mass is 10.1. The average Bonchev–Trinajstić information content (AvgIpc) is 2.40. The third-order valence-electron chi connectivity index (χ3n) is 3.10. The zero-order valence-electron chi connectivity index (χ0n) is 10.2. The van der Waals surface area contributed by atoms with Gasteiger partial charge in [-0.15, -0.1) is 0 Å². The van der Waals surface area contributed by atoms with Gasteiger partial charge in [0.05, 0.1) is 17.9 Å². The lowest BCUT2D eigenvalue weighted by Crippen LogP contribution is -2.03. The highest BCUT2D eigenvalue weighted by atomic mass is 16.5. The SMILES string of the molecule is COc1cccc2c(=O)c3cccc(C)c3oc12. The normalized spacial score (nSPS) is 11.0. The van der Waals surface area contributed by atoms with Gasteiger partial charge in [-0.1, -0.05) is 18.2 Å². The maximum atomic E-state index is 12.4. The Kier molecular flexibility index (Phi) is 2.33. The van der Waals surface area contributed by atoms with Crippen LogP contribution in [0.2, 0.25) is 0 Å². The van der Waals surface area contributed by atoms with Gasteiger partial charge in [-0.25, -0.2) is 0 Å². The number of benzene rings is 2. The molecule has 0 aliphatic carbocycles. The number of hydrogen-bond acceptors (Lipinski definition) is 3. The Balaban J connectivity index is 2.61. The van der Waals surface area contributed by atoms with Crippen LogP contribution >= 0.6 is 0 Å². The monoisotopic (exact) mass is 240 g/mol. The number of rotatable bonds is 1. The van der Waals surface area contributed by atoms with E-state index < -0.39 is 0 Å². The van der Waals surface area contributed by atoms with E-state index in [1.807, 2.05) is 19.1 Å². The lowest BCUT2D eigenvalue weighted by molar-refractivity contribution is 0.411. The first kappa shape index (κ1) is 10.8. The Hall–Kier alpha value is -2.29. The van der Waals surface area contributed by atoms with E-state index in [2.05, 4.69) is 0 Å². The lowest BCUT2D eigenvalue weighted by Gasteiger charge is -2.06. The van der Waals surface area contributed by atoms with Gasteiger partial charge >= 0.3 is 0 Å². The molecule has 90 valence electrons. The standard InChI is InChI=1S/C15H12O3/c1-9-5-3-6-10-13(16)11-7-4-8-12(17-2)15(11)18-14(9)10/h3-8H,1-2H3. The van der Waals surface area contributed by atoms with Gasteiger partial charge in [0.15, 0.2) is 11.3 Å². The number of methoxy groups -OCH3 is 1. The van der Waals surface area contributed by atoms with Crippen molar-refractivity contribution in [1.29, 1.82) is 0 Å². The van der Waals surface area contributed by atoms with Crippen molar-refractivity contribution in [2.24, 2.45) is 0 Å². The molecule has 3 nitrogen and oxygen atoms in total. The molecule has 3 aromatic rings. The van der Waals surface area contributed by atoms with Crippen LogP contribution < -0.4 is 10.2 Å². The Morgan fingerprint density at radius 3 is 2.39 bits per heavy atom. The smallest absolute Gasteiger partial charge is 0.200 e. The van der Waals surface area contributed by atoms with Crippen LogP contribution in [-0.4, -0.2) is 7.11 Å². The minimum Gasteiger partial charge on any atom is -0.493 e. The maximum Gasteiger partial charge on any atom is 0.200 e. The van der Waals surface area contributed by atoms with E-state index in [0.717, 1.165) is 5.56 Å². The topological polar surface area (TPSA) is 39.4 Å². The third-order valence-corrected chi connectivity index (χ3v) is 3.10. The van der Waals surface area contributed by atoms with Crippen molar-refractivity contribution in [1.82, 2.24) is 0 Å². The minimum absolute atomic E-state index is 0.0196. The summed E-state index contributed by atoms with van der Waals surface area (Å²) in [5.74, 6) is 0.578. The Bertz CT molecular complexity index is 800. The van der Waals surface area contributed by atoms with Crippen LogP contribution in [0.5, 0.6) is 5.75 Å². The van der Waals surface area contributed by atoms with Crippen molar-refractivity contribution in [3.05, 3.63) is 52.2 Å². The summed E-state index contributed by atoms with van der Waals surface area (Å²) in [4.78, 5) is 12.4. The molecule has 0 unspecified atom stereocenters. The van der Waals surface area contributed by atoms with Gasteiger partial charge in [-0.2, -0.15) is 0 Å². The fourth-order valence-corrected chi connectivity index (χ4v) is 2.17. The number of hydrogen-bond donors (Lipinski definition) is 0. The van der Waals surface area contributed by atoms with Gasteiger partial charge in [0.2, 0.25) is 5.43 Å². The van der Waals surface area contributed by atoms with Crippen LogP contribution in [0.4, 0.5) is 0 Å². The molecular weight excluding hydrogens is 228 g/mol. The fourth-order valence-electron chi connectivity index (χ4n) is 2.17. The molecule has 2 aromatic carbocycles. The first-order valence-electron chi connectivity index (χ1n) is 5.71. The summed E-state index contributed by atoms with van der Waals surface area (Å²) in [5, 5.41) is 1.16. The second kappa shape index (κ2) is 3.88. The summed E-state index contributed by atoms with van der Waals surface area (Å²) in [6.45, 7) is 1.92. The van der Waals surface area contributed by atoms with Gasteiger partial charge in [0.1, 0.15) is 5.58 Å². The second-order valence-corrected chi connectivity index (χ2v) is 4.22. The zero-order valence-corrected chi connectivity index (χ0v) is 10.2. The Morgan fingerprint density at radius 2 is 1.67 bits per heavy atom. The zero-order chi connectivity index (χ0) is 12.7. The van der Waals surface area contributed by atoms with E-state index >= 15 is 0 Å². The van der Waals surface area contributed by atoms with Crippen LogP contribution in [-0.2, 0) is 0 Å². The molecule has 0 amide bonds. The molecule has 0 aliphatic heterocycles. The first-order valence-corrected chi connectivity index (χ1v) is 5.71. The van der Waals surface area contributed by atoms with Gasteiger partial charge < -0.3 is 9.15 Å². The van der Waals surface area contributed by atoms with Crippen LogP contribution in [0, 0.1) is 6.92 Å². The van der Waals surface area contributed by atoms with Crippen molar-refractivity contribution in [2.75, 3.05) is 7.11 Å². The van der Waals surface area contributed by atoms with E-state index in [4.69, 9.17) is 9.15 Å². The van der Waals surface area contributed by atoms with Crippen LogP contribution in [0.3, 0.4) is 0 Å². The molecular formula is C15H12O3. The minimum atomic E-state index is -0.0196. The molecule has 3 rings (SSSR count). The summed E-state index contributed by atoms with van der Waals surface area (Å²) < 4.78 is 11.1. The fraction of sp³-hybridized carbons (Fsp3) is 0.133. The number of aryl methyl sites for hydroxylation is 1. The number of fused-ring (bicyclic) bond motifs is 2. The van der Waals surface area contributed by atoms with E-state index in [1.54, 1.807) is 31.4 Å². The van der Waals surface area contributed by atoms with Crippen LogP contribution in [0.1, 0.15) is 5.56 Å². The molecule has 0 spiro atoms. The number of para-hydroxylation sites is 2. The van der Waals surface area contributed by atoms with Gasteiger partial charge in [-0.3, -0.25) is 4.79 Å². The predicted molar refractivity (Wildman–Crippen MR) is 71.3 cm³/mol. The molecule has 3 heteroatoms. The van der Waals surface area contributed by atoms with Gasteiger partial charge in [0, 0.05) is 0 Å². The molecule has 0 N–H and O–H groups in total. The summed E-state index contributed by atoms with van der Waals surface area (Å²) in [5.41, 5.74) is 2.05. The van der Waals surface area contributed by atoms with Gasteiger partial charge in [0.25, 0.3) is 0 Å². The van der Waals surface area contributed by atoms with Crippen molar-refractivity contribution in [3.63, 3.8) is 0 Å². The quantitative estimate of drug-likeness (QED) is 0.613. The highest BCUT2D eigenvalue weighted by Gasteiger charge is 2.11. The van der Waals surface area contributed by atoms with E-state index in [-0.39, 0.29) is 5.43 Å². The Labute approximate surface area is 104 Å². The molecule has 0 fully saturated rings. The Morgan fingerprint density at radius 1 is 1.00 bits per heavy atom. The van der Waals surface area contributed by atoms with Crippen molar-refractivity contribution in [3.8, 4) is 5.75 Å². The molecule has 0 saturated carbocycles. The highest BCUT2D eigenvalue weighted by Crippen LogP contribution is 2.27. The summed E-state index contributed by atoms with van der Waals surface area (Å²) >= 11 is 0. The summed E-state index contributed by atoms with van der Waals surface area (Å²) in [6.07, 6.45) is 0. The highest BCUT2D eigenvalue weighted by molar-refractivity contribution is 5.93. The largest absolute Gasteiger partial charge is 0.493 e. The molecule has 0 bridgehead atoms. The molecule has 0 radical (unpaired) electrons. The summed E-state index contributed by atoms with van der Waals surface area (Å²) in [6, 6.07) is 10.9. The molecule has 18 heavy (non-hydrogen) atoms. The summed E-state index contributed by atoms with van der Waals surface area (Å²) in [7, 11) is 1.57. The molecule has 1 heterocycles. The number of ether oxygens (including phenoxy) is 1. The van der Waals surface area contributed by atoms with Crippen molar-refractivity contribution in [2.45, 2.75) is 6.92 Å². The predicted octanol–water partition coefficient (Wildman–Crippen LogP) is 3.26. The van der Waals surface area contributed by atoms with Crippen molar-refractivity contribution < 1.29 is 9.15 Å². The molecule has 0 saturated heterocycles. The van der Waals surface area contributed by atoms with Crippen LogP contribution in [0.25, 0.3) is 21.9 Å². The average molecular weight is 240 g/mol. The molecule has 0 atom stereocenters. The van der Waals surface area contributed by atoms with Crippen LogP contribution in [0.15, 0.2) is 45.6 Å². The third kappa shape index (κ3) is 1.40. The van der Waals surface area contributed by atoms with E-state index in [1.165, 1.54) is 0 Å².